The summed E-state index contributed by atoms with van der Waals surface area (Å²) in [6, 6.07) is 18.3. The minimum absolute atomic E-state index is 0.404. The Hall–Kier alpha value is -3.44. The highest BCUT2D eigenvalue weighted by Gasteiger charge is 2.16. The van der Waals surface area contributed by atoms with Crippen LogP contribution in [0.3, 0.4) is 0 Å². The molecule has 0 N–H and O–H groups in total. The zero-order valence-corrected chi connectivity index (χ0v) is 18.2. The van der Waals surface area contributed by atoms with Gasteiger partial charge >= 0.3 is 5.63 Å². The number of methoxy groups -OCH3 is 2. The SMILES string of the molecule is COc1ccc(-c2c(C)c3cc(OCc4ccc(Cl)cc4)ccc3oc2=O)cc1OC. The predicted octanol–water partition coefficient (Wildman–Crippen LogP) is 6.02. The Morgan fingerprint density at radius 3 is 2.35 bits per heavy atom. The van der Waals surface area contributed by atoms with Crippen LogP contribution in [0.1, 0.15) is 11.1 Å². The largest absolute Gasteiger partial charge is 0.493 e. The van der Waals surface area contributed by atoms with Gasteiger partial charge in [-0.15, -0.1) is 0 Å². The van der Waals surface area contributed by atoms with Crippen LogP contribution in [-0.2, 0) is 6.61 Å². The van der Waals surface area contributed by atoms with Crippen LogP contribution in [0.25, 0.3) is 22.1 Å². The molecule has 0 aliphatic heterocycles. The summed E-state index contributed by atoms with van der Waals surface area (Å²) < 4.78 is 22.2. The highest BCUT2D eigenvalue weighted by Crippen LogP contribution is 2.34. The molecule has 0 atom stereocenters. The van der Waals surface area contributed by atoms with Crippen molar-refractivity contribution in [1.82, 2.24) is 0 Å². The summed E-state index contributed by atoms with van der Waals surface area (Å²) in [7, 11) is 3.13. The van der Waals surface area contributed by atoms with E-state index in [1.165, 1.54) is 0 Å². The lowest BCUT2D eigenvalue weighted by Crippen LogP contribution is -2.06. The van der Waals surface area contributed by atoms with Crippen LogP contribution in [0.4, 0.5) is 0 Å². The number of ether oxygens (including phenoxy) is 3. The third-order valence-electron chi connectivity index (χ3n) is 5.13. The maximum Gasteiger partial charge on any atom is 0.344 e. The Morgan fingerprint density at radius 1 is 0.903 bits per heavy atom. The first kappa shape index (κ1) is 20.8. The lowest BCUT2D eigenvalue weighted by Gasteiger charge is -2.13. The summed E-state index contributed by atoms with van der Waals surface area (Å²) in [4.78, 5) is 12.8. The first-order chi connectivity index (χ1) is 15.0. The normalized spacial score (nSPS) is 10.8. The molecule has 0 aliphatic carbocycles. The smallest absolute Gasteiger partial charge is 0.344 e. The second kappa shape index (κ2) is 8.74. The van der Waals surface area contributed by atoms with Crippen LogP contribution >= 0.6 is 11.6 Å². The van der Waals surface area contributed by atoms with Crippen molar-refractivity contribution in [3.05, 3.63) is 87.2 Å². The third-order valence-corrected chi connectivity index (χ3v) is 5.38. The van der Waals surface area contributed by atoms with Crippen molar-refractivity contribution in [3.63, 3.8) is 0 Å². The summed E-state index contributed by atoms with van der Waals surface area (Å²) in [6.45, 7) is 2.30. The number of benzene rings is 3. The van der Waals surface area contributed by atoms with Crippen LogP contribution in [0.2, 0.25) is 5.02 Å². The molecule has 1 heterocycles. The zero-order valence-electron chi connectivity index (χ0n) is 17.4. The van der Waals surface area contributed by atoms with Crippen molar-refractivity contribution >= 4 is 22.6 Å². The van der Waals surface area contributed by atoms with E-state index in [2.05, 4.69) is 0 Å². The highest BCUT2D eigenvalue weighted by molar-refractivity contribution is 6.30. The summed E-state index contributed by atoms with van der Waals surface area (Å²) >= 11 is 5.93. The Kier molecular flexibility index (Phi) is 5.87. The number of halogens is 1. The topological polar surface area (TPSA) is 57.9 Å². The van der Waals surface area contributed by atoms with Gasteiger partial charge in [-0.1, -0.05) is 29.8 Å². The Balaban J connectivity index is 1.72. The van der Waals surface area contributed by atoms with Crippen molar-refractivity contribution in [2.75, 3.05) is 14.2 Å². The first-order valence-corrected chi connectivity index (χ1v) is 10.0. The minimum Gasteiger partial charge on any atom is -0.493 e. The van der Waals surface area contributed by atoms with Gasteiger partial charge in [0, 0.05) is 10.4 Å². The second-order valence-electron chi connectivity index (χ2n) is 7.03. The molecule has 0 saturated heterocycles. The predicted molar refractivity (Wildman–Crippen MR) is 122 cm³/mol. The number of rotatable bonds is 6. The molecule has 0 amide bonds. The van der Waals surface area contributed by atoms with E-state index < -0.39 is 5.63 Å². The van der Waals surface area contributed by atoms with Crippen molar-refractivity contribution in [2.24, 2.45) is 0 Å². The lowest BCUT2D eigenvalue weighted by molar-refractivity contribution is 0.306. The molecule has 0 radical (unpaired) electrons. The van der Waals surface area contributed by atoms with Crippen molar-refractivity contribution < 1.29 is 18.6 Å². The molecule has 0 unspecified atom stereocenters. The molecular formula is C25H21ClO5. The van der Waals surface area contributed by atoms with Crippen LogP contribution in [0, 0.1) is 6.92 Å². The van der Waals surface area contributed by atoms with Gasteiger partial charge in [-0.2, -0.15) is 0 Å². The molecule has 0 spiro atoms. The fourth-order valence-corrected chi connectivity index (χ4v) is 3.62. The molecular weight excluding hydrogens is 416 g/mol. The van der Waals surface area contributed by atoms with E-state index in [1.807, 2.05) is 43.3 Å². The van der Waals surface area contributed by atoms with E-state index in [4.69, 9.17) is 30.2 Å². The Labute approximate surface area is 184 Å². The molecule has 1 aromatic heterocycles. The number of fused-ring (bicyclic) bond motifs is 1. The van der Waals surface area contributed by atoms with Gasteiger partial charge in [0.25, 0.3) is 0 Å². The summed E-state index contributed by atoms with van der Waals surface area (Å²) in [5, 5.41) is 1.49. The number of aryl methyl sites for hydroxylation is 1. The van der Waals surface area contributed by atoms with Crippen LogP contribution < -0.4 is 19.8 Å². The van der Waals surface area contributed by atoms with Gasteiger partial charge in [0.2, 0.25) is 0 Å². The minimum atomic E-state index is -0.410. The Bertz CT molecular complexity index is 1290. The molecule has 3 aromatic carbocycles. The fourth-order valence-electron chi connectivity index (χ4n) is 3.49. The van der Waals surface area contributed by atoms with E-state index in [1.54, 1.807) is 38.5 Å². The lowest BCUT2D eigenvalue weighted by atomic mass is 9.99. The van der Waals surface area contributed by atoms with Gasteiger partial charge in [0.1, 0.15) is 17.9 Å². The number of hydrogen-bond acceptors (Lipinski definition) is 5. The maximum atomic E-state index is 12.8. The average molecular weight is 437 g/mol. The van der Waals surface area contributed by atoms with E-state index in [0.717, 1.165) is 16.5 Å². The Morgan fingerprint density at radius 2 is 1.65 bits per heavy atom. The second-order valence-corrected chi connectivity index (χ2v) is 7.47. The molecule has 5 nitrogen and oxygen atoms in total. The van der Waals surface area contributed by atoms with Crippen LogP contribution in [0.15, 0.2) is 69.9 Å². The van der Waals surface area contributed by atoms with Crippen LogP contribution in [-0.4, -0.2) is 14.2 Å². The zero-order chi connectivity index (χ0) is 22.0. The number of hydrogen-bond donors (Lipinski definition) is 0. The third kappa shape index (κ3) is 4.23. The summed E-state index contributed by atoms with van der Waals surface area (Å²) in [5.74, 6) is 1.81. The molecule has 6 heteroatoms. The van der Waals surface area contributed by atoms with Crippen molar-refractivity contribution in [3.8, 4) is 28.4 Å². The molecule has 0 aliphatic rings. The van der Waals surface area contributed by atoms with Crippen LogP contribution in [0.5, 0.6) is 17.2 Å². The van der Waals surface area contributed by atoms with Crippen molar-refractivity contribution in [2.45, 2.75) is 13.5 Å². The van der Waals surface area contributed by atoms with Gasteiger partial charge in [0.05, 0.1) is 19.8 Å². The van der Waals surface area contributed by atoms with E-state index >= 15 is 0 Å². The van der Waals surface area contributed by atoms with Crippen molar-refractivity contribution in [1.29, 1.82) is 0 Å². The van der Waals surface area contributed by atoms with Gasteiger partial charge in [-0.3, -0.25) is 0 Å². The molecule has 0 fully saturated rings. The van der Waals surface area contributed by atoms with E-state index in [9.17, 15) is 4.79 Å². The van der Waals surface area contributed by atoms with E-state index in [0.29, 0.717) is 45.6 Å². The molecule has 0 bridgehead atoms. The fraction of sp³-hybridized carbons (Fsp3) is 0.160. The quantitative estimate of drug-likeness (QED) is 0.346. The standard InChI is InChI=1S/C25H21ClO5/c1-15-20-13-19(30-14-16-4-7-18(26)8-5-16)9-11-21(20)31-25(27)24(15)17-6-10-22(28-2)23(12-17)29-3/h4-13H,14H2,1-3H3. The molecule has 158 valence electrons. The molecule has 31 heavy (non-hydrogen) atoms. The van der Waals surface area contributed by atoms with Gasteiger partial charge in [-0.05, 0) is 66.1 Å². The first-order valence-electron chi connectivity index (χ1n) is 9.67. The maximum absolute atomic E-state index is 12.8. The van der Waals surface area contributed by atoms with E-state index in [-0.39, 0.29) is 0 Å². The summed E-state index contributed by atoms with van der Waals surface area (Å²) in [5.41, 5.74) is 3.07. The molecule has 4 rings (SSSR count). The summed E-state index contributed by atoms with van der Waals surface area (Å²) in [6.07, 6.45) is 0. The molecule has 4 aromatic rings. The highest BCUT2D eigenvalue weighted by atomic mass is 35.5. The average Bonchev–Trinajstić information content (AvgIpc) is 2.78. The van der Waals surface area contributed by atoms with Gasteiger partial charge in [0.15, 0.2) is 11.5 Å². The molecule has 0 saturated carbocycles. The van der Waals surface area contributed by atoms with Gasteiger partial charge in [-0.25, -0.2) is 4.79 Å². The van der Waals surface area contributed by atoms with Gasteiger partial charge < -0.3 is 18.6 Å². The monoisotopic (exact) mass is 436 g/mol.